The summed E-state index contributed by atoms with van der Waals surface area (Å²) in [6.07, 6.45) is 1.04. The minimum absolute atomic E-state index is 0.280. The molecule has 1 atom stereocenters. The number of aliphatic hydroxyl groups is 1. The molecule has 38 heavy (non-hydrogen) atoms. The van der Waals surface area contributed by atoms with Crippen molar-refractivity contribution < 1.29 is 33.0 Å². The summed E-state index contributed by atoms with van der Waals surface area (Å²) in [5.41, 5.74) is 2.61. The molecule has 4 rings (SSSR count). The van der Waals surface area contributed by atoms with Gasteiger partial charge in [-0.3, -0.25) is 4.79 Å². The van der Waals surface area contributed by atoms with Crippen molar-refractivity contribution in [1.82, 2.24) is 24.8 Å². The summed E-state index contributed by atoms with van der Waals surface area (Å²) >= 11 is 0. The highest BCUT2D eigenvalue weighted by Crippen LogP contribution is 2.23. The number of fused-ring (bicyclic) bond motifs is 1. The molecule has 200 valence electrons. The summed E-state index contributed by atoms with van der Waals surface area (Å²) in [6.45, 7) is 2.75. The number of carbonyl (C=O) groups is 2. The van der Waals surface area contributed by atoms with Gasteiger partial charge >= 0.3 is 12.1 Å². The van der Waals surface area contributed by atoms with E-state index in [0.717, 1.165) is 11.4 Å². The topological polar surface area (TPSA) is 145 Å². The van der Waals surface area contributed by atoms with Gasteiger partial charge in [-0.25, -0.2) is 14.8 Å². The standard InChI is InChI=1S/C22H22N6O3.C3H3F3O/c1-23-19-13-14(6-8-24-19)20-25-16-5-4-15(12-18(16)26-20)21(29)27-17(22(30)31)7-11-28-9-2-3-10-28;1-2(7)3(4,5)6/h2-6,8-10,12-13,17H,7,11H2,1H3,(H,23,24)(H,25,26)(H,27,29)(H,30,31);7H,1H2/t17-;/m0./s1. The second-order valence-corrected chi connectivity index (χ2v) is 8.02. The van der Waals surface area contributed by atoms with Gasteiger partial charge in [0, 0.05) is 43.3 Å². The summed E-state index contributed by atoms with van der Waals surface area (Å²) in [5.74, 6) is -1.89. The van der Waals surface area contributed by atoms with Crippen molar-refractivity contribution >= 4 is 28.7 Å². The molecule has 0 aliphatic heterocycles. The van der Waals surface area contributed by atoms with Gasteiger partial charge in [-0.1, -0.05) is 6.58 Å². The van der Waals surface area contributed by atoms with E-state index in [-0.39, 0.29) is 6.42 Å². The predicted molar refractivity (Wildman–Crippen MR) is 135 cm³/mol. The first-order valence-electron chi connectivity index (χ1n) is 11.2. The number of imidazole rings is 1. The zero-order valence-corrected chi connectivity index (χ0v) is 20.2. The number of hydrogen-bond acceptors (Lipinski definition) is 6. The highest BCUT2D eigenvalue weighted by atomic mass is 19.4. The van der Waals surface area contributed by atoms with Crippen LogP contribution in [0.1, 0.15) is 16.8 Å². The third-order valence-electron chi connectivity index (χ3n) is 5.31. The number of amides is 1. The monoisotopic (exact) mass is 530 g/mol. The minimum atomic E-state index is -4.64. The lowest BCUT2D eigenvalue weighted by atomic mass is 10.1. The molecule has 0 spiro atoms. The van der Waals surface area contributed by atoms with Crippen LogP contribution in [0, 0.1) is 0 Å². The van der Waals surface area contributed by atoms with Crippen molar-refractivity contribution in [1.29, 1.82) is 0 Å². The van der Waals surface area contributed by atoms with Gasteiger partial charge in [0.1, 0.15) is 17.7 Å². The molecule has 0 saturated carbocycles. The van der Waals surface area contributed by atoms with Crippen LogP contribution in [-0.2, 0) is 11.3 Å². The summed E-state index contributed by atoms with van der Waals surface area (Å²) in [5, 5.41) is 22.7. The maximum atomic E-state index is 12.7. The van der Waals surface area contributed by atoms with Gasteiger partial charge in [-0.2, -0.15) is 13.2 Å². The number of carbonyl (C=O) groups excluding carboxylic acids is 1. The quantitative estimate of drug-likeness (QED) is 0.213. The van der Waals surface area contributed by atoms with Crippen LogP contribution in [0.5, 0.6) is 0 Å². The molecule has 0 bridgehead atoms. The van der Waals surface area contributed by atoms with Gasteiger partial charge in [0.25, 0.3) is 5.91 Å². The molecule has 0 saturated heterocycles. The Kier molecular flexibility index (Phi) is 8.73. The Balaban J connectivity index is 0.000000505. The highest BCUT2D eigenvalue weighted by molar-refractivity contribution is 5.99. The van der Waals surface area contributed by atoms with Crippen molar-refractivity contribution in [2.75, 3.05) is 12.4 Å². The van der Waals surface area contributed by atoms with Gasteiger partial charge < -0.3 is 30.4 Å². The fourth-order valence-corrected chi connectivity index (χ4v) is 3.30. The highest BCUT2D eigenvalue weighted by Gasteiger charge is 2.31. The van der Waals surface area contributed by atoms with E-state index in [2.05, 4.69) is 32.2 Å². The van der Waals surface area contributed by atoms with E-state index in [1.807, 2.05) is 41.2 Å². The number of nitrogens with zero attached hydrogens (tertiary/aromatic N) is 3. The maximum absolute atomic E-state index is 12.7. The molecule has 4 aromatic rings. The van der Waals surface area contributed by atoms with Crippen molar-refractivity contribution in [2.24, 2.45) is 0 Å². The molecule has 1 amide bonds. The first kappa shape index (κ1) is 27.8. The van der Waals surface area contributed by atoms with Gasteiger partial charge in [0.2, 0.25) is 0 Å². The van der Waals surface area contributed by atoms with Crippen molar-refractivity contribution in [3.8, 4) is 11.4 Å². The lowest BCUT2D eigenvalue weighted by Crippen LogP contribution is -2.41. The number of hydrogen-bond donors (Lipinski definition) is 5. The van der Waals surface area contributed by atoms with Gasteiger partial charge in [-0.05, 0) is 48.9 Å². The zero-order valence-electron chi connectivity index (χ0n) is 20.2. The number of aliphatic carboxylic acids is 1. The van der Waals surface area contributed by atoms with Crippen LogP contribution in [0.15, 0.2) is 73.4 Å². The normalized spacial score (nSPS) is 11.8. The number of pyridine rings is 1. The Morgan fingerprint density at radius 2 is 1.84 bits per heavy atom. The Hall–Kier alpha value is -4.81. The first-order valence-corrected chi connectivity index (χ1v) is 11.2. The van der Waals surface area contributed by atoms with Crippen LogP contribution in [0.3, 0.4) is 0 Å². The smallest absolute Gasteiger partial charge is 0.448 e. The number of benzene rings is 1. The Morgan fingerprint density at radius 3 is 2.45 bits per heavy atom. The fourth-order valence-electron chi connectivity index (χ4n) is 3.30. The molecule has 0 aliphatic carbocycles. The lowest BCUT2D eigenvalue weighted by Gasteiger charge is -2.15. The van der Waals surface area contributed by atoms with E-state index in [4.69, 9.17) is 5.11 Å². The zero-order chi connectivity index (χ0) is 27.9. The summed E-state index contributed by atoms with van der Waals surface area (Å²) in [4.78, 5) is 36.3. The van der Waals surface area contributed by atoms with E-state index in [1.54, 1.807) is 31.4 Å². The van der Waals surface area contributed by atoms with Crippen LogP contribution in [0.4, 0.5) is 19.0 Å². The number of carboxylic acid groups (broad SMARTS) is 1. The molecule has 0 unspecified atom stereocenters. The SMILES string of the molecule is C=C(O)C(F)(F)F.CNc1cc(-c2nc3ccc(C(=O)N[C@@H](CCn4cccc4)C(=O)O)cc3[nH]2)ccn1. The van der Waals surface area contributed by atoms with Crippen LogP contribution in [0.2, 0.25) is 0 Å². The number of aromatic nitrogens is 4. The number of rotatable bonds is 8. The van der Waals surface area contributed by atoms with Gasteiger partial charge in [0.15, 0.2) is 5.76 Å². The molecular weight excluding hydrogens is 505 g/mol. The molecular formula is C25H25F3N6O4. The molecule has 0 aliphatic rings. The van der Waals surface area contributed by atoms with Crippen LogP contribution in [0.25, 0.3) is 22.4 Å². The molecule has 0 fully saturated rings. The second-order valence-electron chi connectivity index (χ2n) is 8.02. The van der Waals surface area contributed by atoms with E-state index in [1.165, 1.54) is 0 Å². The molecule has 3 heterocycles. The number of carboxylic acids is 1. The number of aromatic amines is 1. The molecule has 10 nitrogen and oxygen atoms in total. The van der Waals surface area contributed by atoms with E-state index >= 15 is 0 Å². The lowest BCUT2D eigenvalue weighted by molar-refractivity contribution is -0.139. The molecule has 13 heteroatoms. The van der Waals surface area contributed by atoms with Crippen molar-refractivity contribution in [2.45, 2.75) is 25.2 Å². The summed E-state index contributed by atoms with van der Waals surface area (Å²) in [6, 6.07) is 11.5. The fraction of sp³-hybridized carbons (Fsp3) is 0.200. The number of anilines is 1. The second kappa shape index (κ2) is 12.0. The average molecular weight is 531 g/mol. The van der Waals surface area contributed by atoms with Gasteiger partial charge in [0.05, 0.1) is 11.0 Å². The summed E-state index contributed by atoms with van der Waals surface area (Å²) in [7, 11) is 1.79. The van der Waals surface area contributed by atoms with E-state index < -0.39 is 29.9 Å². The molecule has 3 aromatic heterocycles. The van der Waals surface area contributed by atoms with Crippen LogP contribution >= 0.6 is 0 Å². The number of nitrogens with one attached hydrogen (secondary N) is 3. The minimum Gasteiger partial charge on any atom is -0.505 e. The number of aryl methyl sites for hydroxylation is 1. The Bertz CT molecular complexity index is 1420. The van der Waals surface area contributed by atoms with Crippen molar-refractivity contribution in [3.05, 3.63) is 79.0 Å². The molecule has 0 radical (unpaired) electrons. The number of alkyl halides is 3. The van der Waals surface area contributed by atoms with E-state index in [9.17, 15) is 27.9 Å². The van der Waals surface area contributed by atoms with E-state index in [0.29, 0.717) is 29.0 Å². The Labute approximate surface area is 214 Å². The maximum Gasteiger partial charge on any atom is 0.448 e. The number of halogens is 3. The number of H-pyrrole nitrogens is 1. The predicted octanol–water partition coefficient (Wildman–Crippen LogP) is 4.36. The molecule has 1 aromatic carbocycles. The summed E-state index contributed by atoms with van der Waals surface area (Å²) < 4.78 is 34.4. The number of allylic oxidation sites excluding steroid dienone is 1. The number of aliphatic hydroxyl groups excluding tert-OH is 1. The third-order valence-corrected chi connectivity index (χ3v) is 5.31. The average Bonchev–Trinajstić information content (AvgIpc) is 3.55. The van der Waals surface area contributed by atoms with Gasteiger partial charge in [-0.15, -0.1) is 0 Å². The third kappa shape index (κ3) is 7.35. The van der Waals surface area contributed by atoms with Crippen LogP contribution in [-0.4, -0.2) is 60.9 Å². The van der Waals surface area contributed by atoms with Crippen molar-refractivity contribution in [3.63, 3.8) is 0 Å². The Morgan fingerprint density at radius 1 is 1.16 bits per heavy atom. The molecule has 5 N–H and O–H groups in total. The first-order chi connectivity index (χ1) is 18.0. The van der Waals surface area contributed by atoms with Crippen LogP contribution < -0.4 is 10.6 Å². The largest absolute Gasteiger partial charge is 0.505 e.